The normalized spacial score (nSPS) is 10.3. The molecular formula is C9H11N5S2. The molecule has 0 aliphatic rings. The molecule has 16 heavy (non-hydrogen) atoms. The maximum atomic E-state index is 4.41. The lowest BCUT2D eigenvalue weighted by Gasteiger charge is -2.03. The van der Waals surface area contributed by atoms with Gasteiger partial charge < -0.3 is 5.32 Å². The summed E-state index contributed by atoms with van der Waals surface area (Å²) in [5, 5.41) is 11.7. The largest absolute Gasteiger partial charge is 0.369 e. The molecule has 0 fully saturated rings. The summed E-state index contributed by atoms with van der Waals surface area (Å²) in [5.74, 6) is 0.802. The van der Waals surface area contributed by atoms with Crippen molar-refractivity contribution in [1.29, 1.82) is 0 Å². The average molecular weight is 253 g/mol. The van der Waals surface area contributed by atoms with Crippen LogP contribution < -0.4 is 5.32 Å². The van der Waals surface area contributed by atoms with Gasteiger partial charge in [0, 0.05) is 6.54 Å². The zero-order valence-corrected chi connectivity index (χ0v) is 10.4. The molecule has 0 aliphatic carbocycles. The van der Waals surface area contributed by atoms with Crippen LogP contribution in [0, 0.1) is 0 Å². The molecule has 0 atom stereocenters. The number of hydrogen-bond donors (Lipinski definition) is 1. The van der Waals surface area contributed by atoms with E-state index in [1.165, 1.54) is 23.1 Å². The summed E-state index contributed by atoms with van der Waals surface area (Å²) in [5.41, 5.74) is 1.70. The van der Waals surface area contributed by atoms with E-state index in [1.54, 1.807) is 17.9 Å². The van der Waals surface area contributed by atoms with Crippen LogP contribution in [0.1, 0.15) is 13.3 Å². The molecule has 0 aliphatic heterocycles. The molecule has 2 aromatic heterocycles. The van der Waals surface area contributed by atoms with Crippen molar-refractivity contribution in [2.24, 2.45) is 0 Å². The second-order valence-corrected chi connectivity index (χ2v) is 5.08. The number of rotatable bonds is 5. The molecule has 0 bridgehead atoms. The van der Waals surface area contributed by atoms with Gasteiger partial charge in [-0.3, -0.25) is 4.98 Å². The van der Waals surface area contributed by atoms with Crippen molar-refractivity contribution in [2.75, 3.05) is 11.9 Å². The molecule has 0 spiro atoms. The number of hydrogen-bond acceptors (Lipinski definition) is 7. The number of nitrogens with one attached hydrogen (secondary N) is 1. The fraction of sp³-hybridized carbons (Fsp3) is 0.333. The number of aromatic nitrogens is 4. The van der Waals surface area contributed by atoms with Crippen LogP contribution >= 0.6 is 23.1 Å². The van der Waals surface area contributed by atoms with Crippen molar-refractivity contribution in [3.8, 4) is 0 Å². The predicted molar refractivity (Wildman–Crippen MR) is 64.8 cm³/mol. The van der Waals surface area contributed by atoms with E-state index in [-0.39, 0.29) is 0 Å². The van der Waals surface area contributed by atoms with Crippen molar-refractivity contribution in [1.82, 2.24) is 20.2 Å². The molecule has 84 valence electrons. The van der Waals surface area contributed by atoms with Crippen LogP contribution in [0.4, 0.5) is 5.82 Å². The Hall–Kier alpha value is -1.21. The molecule has 5 nitrogen and oxygen atoms in total. The molecule has 1 N–H and O–H groups in total. The second-order valence-electron chi connectivity index (χ2n) is 2.98. The second kappa shape index (κ2) is 5.76. The van der Waals surface area contributed by atoms with Gasteiger partial charge in [0.15, 0.2) is 4.34 Å². The highest BCUT2D eigenvalue weighted by Crippen LogP contribution is 2.26. The lowest BCUT2D eigenvalue weighted by Crippen LogP contribution is -2.02. The molecule has 0 amide bonds. The van der Waals surface area contributed by atoms with Crippen LogP contribution in [-0.2, 0) is 0 Å². The minimum Gasteiger partial charge on any atom is -0.369 e. The molecule has 0 unspecified atom stereocenters. The Morgan fingerprint density at radius 3 is 3.12 bits per heavy atom. The van der Waals surface area contributed by atoms with Crippen molar-refractivity contribution < 1.29 is 0 Å². The minimum absolute atomic E-state index is 0.802. The maximum Gasteiger partial charge on any atom is 0.180 e. The summed E-state index contributed by atoms with van der Waals surface area (Å²) < 4.78 is 0.877. The van der Waals surface area contributed by atoms with Crippen LogP contribution in [0.2, 0.25) is 0 Å². The highest BCUT2D eigenvalue weighted by atomic mass is 32.2. The third kappa shape index (κ3) is 3.14. The monoisotopic (exact) mass is 253 g/mol. The molecule has 2 aromatic rings. The Kier molecular flexibility index (Phi) is 4.06. The molecule has 2 rings (SSSR count). The first-order valence-electron chi connectivity index (χ1n) is 4.88. The van der Waals surface area contributed by atoms with E-state index >= 15 is 0 Å². The van der Waals surface area contributed by atoms with E-state index in [1.807, 2.05) is 0 Å². The van der Waals surface area contributed by atoms with Gasteiger partial charge in [0.05, 0.1) is 12.4 Å². The first-order valence-corrected chi connectivity index (χ1v) is 6.58. The lowest BCUT2D eigenvalue weighted by atomic mass is 10.5. The minimum atomic E-state index is 0.802. The average Bonchev–Trinajstić information content (AvgIpc) is 2.80. The summed E-state index contributed by atoms with van der Waals surface area (Å²) >= 11 is 2.97. The van der Waals surface area contributed by atoms with Gasteiger partial charge in [0.2, 0.25) is 0 Å². The fourth-order valence-electron chi connectivity index (χ4n) is 1.03. The molecule has 0 saturated carbocycles. The Labute approximate surface area is 102 Å². The molecule has 0 radical (unpaired) electrons. The lowest BCUT2D eigenvalue weighted by molar-refractivity contribution is 0.946. The third-order valence-electron chi connectivity index (χ3n) is 1.70. The molecule has 0 saturated heterocycles. The van der Waals surface area contributed by atoms with Gasteiger partial charge in [-0.1, -0.05) is 18.3 Å². The van der Waals surface area contributed by atoms with Gasteiger partial charge >= 0.3 is 0 Å². The topological polar surface area (TPSA) is 63.6 Å². The van der Waals surface area contributed by atoms with E-state index in [0.29, 0.717) is 0 Å². The van der Waals surface area contributed by atoms with Gasteiger partial charge in [-0.2, -0.15) is 0 Å². The fourth-order valence-corrected chi connectivity index (χ4v) is 2.41. The van der Waals surface area contributed by atoms with Crippen molar-refractivity contribution in [3.05, 3.63) is 17.9 Å². The van der Waals surface area contributed by atoms with Crippen molar-refractivity contribution in [3.63, 3.8) is 0 Å². The van der Waals surface area contributed by atoms with Crippen LogP contribution in [-0.4, -0.2) is 26.7 Å². The van der Waals surface area contributed by atoms with Crippen LogP contribution in [0.25, 0.3) is 0 Å². The van der Waals surface area contributed by atoms with Crippen molar-refractivity contribution in [2.45, 2.75) is 22.7 Å². The quantitative estimate of drug-likeness (QED) is 0.882. The van der Waals surface area contributed by atoms with Gasteiger partial charge in [-0.15, -0.1) is 10.2 Å². The highest BCUT2D eigenvalue weighted by molar-refractivity contribution is 8.00. The molecule has 2 heterocycles. The number of anilines is 1. The highest BCUT2D eigenvalue weighted by Gasteiger charge is 2.03. The molecule has 0 aromatic carbocycles. The standard InChI is InChI=1S/C9H11N5S2/c1-2-3-11-7-4-10-5-8(13-7)16-9-14-12-6-15-9/h4-6H,2-3H2,1H3,(H,11,13). The van der Waals surface area contributed by atoms with Crippen LogP contribution in [0.5, 0.6) is 0 Å². The van der Waals surface area contributed by atoms with Gasteiger partial charge in [0.1, 0.15) is 16.4 Å². The summed E-state index contributed by atoms with van der Waals surface area (Å²) in [6.45, 7) is 3.02. The van der Waals surface area contributed by atoms with Crippen molar-refractivity contribution >= 4 is 28.9 Å². The molecule has 7 heteroatoms. The summed E-state index contributed by atoms with van der Waals surface area (Å²) in [4.78, 5) is 8.54. The van der Waals surface area contributed by atoms with Gasteiger partial charge in [-0.05, 0) is 18.2 Å². The number of nitrogens with zero attached hydrogens (tertiary/aromatic N) is 4. The summed E-state index contributed by atoms with van der Waals surface area (Å²) in [7, 11) is 0. The smallest absolute Gasteiger partial charge is 0.180 e. The van der Waals surface area contributed by atoms with E-state index in [4.69, 9.17) is 0 Å². The third-order valence-corrected chi connectivity index (χ3v) is 3.38. The SMILES string of the molecule is CCCNc1cncc(Sc2nncs2)n1. The Morgan fingerprint density at radius 1 is 1.44 bits per heavy atom. The summed E-state index contributed by atoms with van der Waals surface area (Å²) in [6, 6.07) is 0. The first kappa shape index (κ1) is 11.3. The molecular weight excluding hydrogens is 242 g/mol. The predicted octanol–water partition coefficient (Wildman–Crippen LogP) is 2.30. The Morgan fingerprint density at radius 2 is 2.38 bits per heavy atom. The Balaban J connectivity index is 2.04. The Bertz CT molecular complexity index is 431. The van der Waals surface area contributed by atoms with Crippen LogP contribution in [0.15, 0.2) is 27.3 Å². The van der Waals surface area contributed by atoms with Gasteiger partial charge in [0.25, 0.3) is 0 Å². The van der Waals surface area contributed by atoms with Gasteiger partial charge in [-0.25, -0.2) is 4.98 Å². The van der Waals surface area contributed by atoms with E-state index in [2.05, 4.69) is 32.4 Å². The zero-order valence-electron chi connectivity index (χ0n) is 8.75. The van der Waals surface area contributed by atoms with E-state index in [9.17, 15) is 0 Å². The van der Waals surface area contributed by atoms with Crippen LogP contribution in [0.3, 0.4) is 0 Å². The zero-order chi connectivity index (χ0) is 11.2. The van der Waals surface area contributed by atoms with E-state index in [0.717, 1.165) is 28.1 Å². The maximum absolute atomic E-state index is 4.41. The van der Waals surface area contributed by atoms with E-state index < -0.39 is 0 Å². The first-order chi connectivity index (χ1) is 7.88. The summed E-state index contributed by atoms with van der Waals surface area (Å²) in [6.07, 6.45) is 4.51.